The quantitative estimate of drug-likeness (QED) is 0.379. The van der Waals surface area contributed by atoms with E-state index in [2.05, 4.69) is 12.6 Å². The molecule has 0 amide bonds. The van der Waals surface area contributed by atoms with Gasteiger partial charge in [0.25, 0.3) is 0 Å². The Bertz CT molecular complexity index is 437. The van der Waals surface area contributed by atoms with E-state index in [0.717, 1.165) is 23.4 Å². The molecule has 0 saturated heterocycles. The normalized spacial score (nSPS) is 11.8. The predicted octanol–water partition coefficient (Wildman–Crippen LogP) is 3.13. The van der Waals surface area contributed by atoms with Crippen LogP contribution in [0, 0.1) is 0 Å². The fourth-order valence-electron chi connectivity index (χ4n) is 2.44. The number of hydrogen-bond acceptors (Lipinski definition) is 7. The Hall–Kier alpha value is -0.236. The fourth-order valence-corrected chi connectivity index (χ4v) is 7.11. The van der Waals surface area contributed by atoms with Crippen molar-refractivity contribution in [3.8, 4) is 0 Å². The summed E-state index contributed by atoms with van der Waals surface area (Å²) in [5.74, 6) is 0.838. The first-order valence-electron chi connectivity index (χ1n) is 9.27. The van der Waals surface area contributed by atoms with Gasteiger partial charge in [0.15, 0.2) is 0 Å². The molecule has 0 N–H and O–H groups in total. The Morgan fingerprint density at radius 1 is 0.778 bits per heavy atom. The third kappa shape index (κ3) is 9.20. The maximum Gasteiger partial charge on any atom is 0.537 e. The summed E-state index contributed by atoms with van der Waals surface area (Å²) in [6.45, 7) is 7.68. The van der Waals surface area contributed by atoms with Crippen molar-refractivity contribution in [2.24, 2.45) is 0 Å². The molecule has 0 fully saturated rings. The minimum atomic E-state index is -2.67. The van der Waals surface area contributed by atoms with Crippen molar-refractivity contribution in [3.63, 3.8) is 0 Å². The molecule has 27 heavy (non-hydrogen) atoms. The van der Waals surface area contributed by atoms with Crippen molar-refractivity contribution < 1.29 is 26.6 Å². The SMILES string of the molecule is CCO[Si](OCC)(OCC)c1ccccc1.CO[Si](CCCS)(OC)OC. The topological polar surface area (TPSA) is 55.4 Å². The summed E-state index contributed by atoms with van der Waals surface area (Å²) < 4.78 is 33.0. The minimum absolute atomic E-state index is 0.598. The van der Waals surface area contributed by atoms with Crippen molar-refractivity contribution >= 4 is 35.4 Å². The summed E-state index contributed by atoms with van der Waals surface area (Å²) in [4.78, 5) is 0. The van der Waals surface area contributed by atoms with Gasteiger partial charge in [-0.1, -0.05) is 30.3 Å². The largest absolute Gasteiger partial charge is 0.537 e. The molecule has 1 aromatic rings. The molecule has 0 saturated carbocycles. The molecule has 1 rings (SSSR count). The first-order chi connectivity index (χ1) is 13.0. The standard InChI is InChI=1S/C12H20O3Si.C6H16O3SSi/c1-4-13-16(14-5-2,15-6-3)12-10-8-7-9-11-12;1-7-11(8-2,9-3)6-4-5-10/h7-11H,4-6H2,1-3H3;10H,4-6H2,1-3H3. The highest BCUT2D eigenvalue weighted by molar-refractivity contribution is 7.80. The van der Waals surface area contributed by atoms with Crippen LogP contribution in [-0.2, 0) is 26.6 Å². The molecule has 0 radical (unpaired) electrons. The van der Waals surface area contributed by atoms with Crippen LogP contribution in [0.3, 0.4) is 0 Å². The van der Waals surface area contributed by atoms with Crippen molar-refractivity contribution in [3.05, 3.63) is 30.3 Å². The van der Waals surface area contributed by atoms with Crippen LogP contribution in [0.5, 0.6) is 0 Å². The number of thiol groups is 1. The Morgan fingerprint density at radius 3 is 1.56 bits per heavy atom. The zero-order valence-corrected chi connectivity index (χ0v) is 20.4. The molecule has 0 aromatic heterocycles. The van der Waals surface area contributed by atoms with Gasteiger partial charge < -0.3 is 26.6 Å². The molecule has 0 aliphatic heterocycles. The Balaban J connectivity index is 0.000000541. The fraction of sp³-hybridized carbons (Fsp3) is 0.667. The van der Waals surface area contributed by atoms with E-state index in [9.17, 15) is 0 Å². The average Bonchev–Trinajstić information content (AvgIpc) is 2.71. The van der Waals surface area contributed by atoms with E-state index in [1.165, 1.54) is 0 Å². The van der Waals surface area contributed by atoms with Crippen molar-refractivity contribution in [1.29, 1.82) is 0 Å². The van der Waals surface area contributed by atoms with Gasteiger partial charge in [-0.25, -0.2) is 0 Å². The zero-order valence-electron chi connectivity index (χ0n) is 17.5. The third-order valence-electron chi connectivity index (χ3n) is 3.70. The van der Waals surface area contributed by atoms with Gasteiger partial charge in [0, 0.05) is 52.4 Å². The lowest BCUT2D eigenvalue weighted by molar-refractivity contribution is 0.0859. The highest BCUT2D eigenvalue weighted by Crippen LogP contribution is 2.14. The summed E-state index contributed by atoms with van der Waals surface area (Å²) in [5, 5.41) is 1.03. The second-order valence-electron chi connectivity index (χ2n) is 5.34. The van der Waals surface area contributed by atoms with Crippen LogP contribution in [0.25, 0.3) is 0 Å². The summed E-state index contributed by atoms with van der Waals surface area (Å²) >= 11 is 4.10. The molecule has 0 aliphatic carbocycles. The van der Waals surface area contributed by atoms with Crippen LogP contribution in [0.15, 0.2) is 30.3 Å². The first kappa shape index (κ1) is 26.8. The molecule has 0 unspecified atom stereocenters. The predicted molar refractivity (Wildman–Crippen MR) is 117 cm³/mol. The Kier molecular flexibility index (Phi) is 15.5. The average molecular weight is 437 g/mol. The van der Waals surface area contributed by atoms with E-state index in [4.69, 9.17) is 26.6 Å². The van der Waals surface area contributed by atoms with Crippen LogP contribution >= 0.6 is 12.6 Å². The van der Waals surface area contributed by atoms with E-state index in [0.29, 0.717) is 19.8 Å². The van der Waals surface area contributed by atoms with Gasteiger partial charge in [0.05, 0.1) is 0 Å². The number of hydrogen-bond donors (Lipinski definition) is 1. The van der Waals surface area contributed by atoms with Crippen LogP contribution in [0.4, 0.5) is 0 Å². The molecular formula is C18H36O6SSi2. The van der Waals surface area contributed by atoms with Gasteiger partial charge in [-0.3, -0.25) is 0 Å². The lowest BCUT2D eigenvalue weighted by Crippen LogP contribution is -2.56. The molecular weight excluding hydrogens is 400 g/mol. The Labute approximate surface area is 172 Å². The molecule has 0 aliphatic rings. The van der Waals surface area contributed by atoms with Crippen LogP contribution in [0.1, 0.15) is 27.2 Å². The van der Waals surface area contributed by atoms with Gasteiger partial charge in [-0.15, -0.1) is 0 Å². The number of rotatable bonds is 13. The third-order valence-corrected chi connectivity index (χ3v) is 9.90. The molecule has 158 valence electrons. The van der Waals surface area contributed by atoms with Crippen LogP contribution in [0.2, 0.25) is 6.04 Å². The summed E-state index contributed by atoms with van der Waals surface area (Å²) in [5.41, 5.74) is 0. The highest BCUT2D eigenvalue weighted by atomic mass is 32.1. The molecule has 0 bridgehead atoms. The lowest BCUT2D eigenvalue weighted by Gasteiger charge is -2.28. The second-order valence-corrected chi connectivity index (χ2v) is 11.4. The smallest absolute Gasteiger partial charge is 0.377 e. The van der Waals surface area contributed by atoms with Gasteiger partial charge in [-0.05, 0) is 32.9 Å². The maximum absolute atomic E-state index is 5.79. The molecule has 1 aromatic carbocycles. The van der Waals surface area contributed by atoms with E-state index < -0.39 is 17.6 Å². The van der Waals surface area contributed by atoms with E-state index in [-0.39, 0.29) is 0 Å². The van der Waals surface area contributed by atoms with Gasteiger partial charge >= 0.3 is 17.6 Å². The van der Waals surface area contributed by atoms with Crippen molar-refractivity contribution in [2.75, 3.05) is 46.9 Å². The molecule has 0 spiro atoms. The minimum Gasteiger partial charge on any atom is -0.377 e. The van der Waals surface area contributed by atoms with Gasteiger partial charge in [-0.2, -0.15) is 12.6 Å². The summed E-state index contributed by atoms with van der Waals surface area (Å²) in [6.07, 6.45) is 0.963. The zero-order chi connectivity index (χ0) is 20.6. The lowest BCUT2D eigenvalue weighted by atomic mass is 10.4. The maximum atomic E-state index is 5.79. The molecule has 9 heteroatoms. The molecule has 6 nitrogen and oxygen atoms in total. The Morgan fingerprint density at radius 2 is 1.22 bits per heavy atom. The molecule has 0 heterocycles. The van der Waals surface area contributed by atoms with Crippen LogP contribution < -0.4 is 5.19 Å². The van der Waals surface area contributed by atoms with Crippen molar-refractivity contribution in [2.45, 2.75) is 33.2 Å². The van der Waals surface area contributed by atoms with E-state index in [1.54, 1.807) is 21.3 Å². The summed E-state index contributed by atoms with van der Waals surface area (Å²) in [6, 6.07) is 10.8. The second kappa shape index (κ2) is 15.7. The van der Waals surface area contributed by atoms with E-state index in [1.807, 2.05) is 51.1 Å². The summed E-state index contributed by atoms with van der Waals surface area (Å²) in [7, 11) is -0.0906. The van der Waals surface area contributed by atoms with Crippen molar-refractivity contribution in [1.82, 2.24) is 0 Å². The monoisotopic (exact) mass is 436 g/mol. The number of benzene rings is 1. The van der Waals surface area contributed by atoms with Crippen LogP contribution in [-0.4, -0.2) is 64.5 Å². The first-order valence-corrected chi connectivity index (χ1v) is 13.6. The highest BCUT2D eigenvalue weighted by Gasteiger charge is 2.42. The van der Waals surface area contributed by atoms with Gasteiger partial charge in [0.1, 0.15) is 0 Å². The molecule has 0 atom stereocenters. The van der Waals surface area contributed by atoms with Gasteiger partial charge in [0.2, 0.25) is 0 Å². The van der Waals surface area contributed by atoms with E-state index >= 15 is 0 Å².